The quantitative estimate of drug-likeness (QED) is 0.330. The number of halogens is 1. The lowest BCUT2D eigenvalue weighted by molar-refractivity contribution is -0.139. The fourth-order valence-electron chi connectivity index (χ4n) is 3.39. The summed E-state index contributed by atoms with van der Waals surface area (Å²) in [6.45, 7) is 6.19. The van der Waals surface area contributed by atoms with Crippen molar-refractivity contribution in [2.24, 2.45) is 0 Å². The number of likely N-dealkylation sites (tertiary alicyclic amines) is 1. The Hall–Kier alpha value is -3.41. The fraction of sp³-hybridized carbons (Fsp3) is 0.217. The van der Waals surface area contributed by atoms with E-state index in [-0.39, 0.29) is 16.9 Å². The Morgan fingerprint density at radius 3 is 2.62 bits per heavy atom. The molecule has 0 bridgehead atoms. The number of carbonyl (C=O) groups is 2. The van der Waals surface area contributed by atoms with E-state index in [1.54, 1.807) is 30.3 Å². The van der Waals surface area contributed by atoms with Crippen LogP contribution in [0.25, 0.3) is 5.76 Å². The average molecular weight is 395 g/mol. The first-order chi connectivity index (χ1) is 14.0. The zero-order valence-electron chi connectivity index (χ0n) is 16.1. The van der Waals surface area contributed by atoms with Gasteiger partial charge >= 0.3 is 0 Å². The Labute approximate surface area is 168 Å². The molecule has 1 unspecified atom stereocenters. The molecule has 1 N–H and O–H groups in total. The molecule has 1 fully saturated rings. The highest BCUT2D eigenvalue weighted by atomic mass is 19.1. The zero-order chi connectivity index (χ0) is 21.0. The molecule has 0 saturated carbocycles. The highest BCUT2D eigenvalue weighted by molar-refractivity contribution is 6.46. The van der Waals surface area contributed by atoms with E-state index in [0.717, 1.165) is 0 Å². The maximum absolute atomic E-state index is 13.3. The van der Waals surface area contributed by atoms with Crippen molar-refractivity contribution in [2.45, 2.75) is 19.4 Å². The van der Waals surface area contributed by atoms with Crippen molar-refractivity contribution in [1.29, 1.82) is 0 Å². The minimum Gasteiger partial charge on any atom is -0.507 e. The van der Waals surface area contributed by atoms with Gasteiger partial charge in [-0.15, -0.1) is 0 Å². The molecule has 0 spiro atoms. The van der Waals surface area contributed by atoms with Gasteiger partial charge in [0.1, 0.15) is 23.9 Å². The molecule has 0 aromatic heterocycles. The van der Waals surface area contributed by atoms with E-state index in [1.165, 1.54) is 29.2 Å². The predicted octanol–water partition coefficient (Wildman–Crippen LogP) is 4.22. The number of amides is 1. The van der Waals surface area contributed by atoms with Gasteiger partial charge in [-0.25, -0.2) is 4.39 Å². The third-order valence-electron chi connectivity index (χ3n) is 4.66. The first-order valence-electron chi connectivity index (χ1n) is 9.36. The van der Waals surface area contributed by atoms with E-state index < -0.39 is 23.5 Å². The number of aliphatic hydroxyl groups is 1. The lowest BCUT2D eigenvalue weighted by atomic mass is 9.95. The standard InChI is InChI=1S/C23H22FNO4/c1-3-12-25-20(16-6-5-7-18(14-16)29-13-4-2)19(22(27)23(25)28)21(26)15-8-10-17(24)11-9-15/h4-11,14,20,26H,2-3,12-13H2,1H3/b21-19-. The molecule has 1 amide bonds. The van der Waals surface area contributed by atoms with Gasteiger partial charge < -0.3 is 14.7 Å². The monoisotopic (exact) mass is 395 g/mol. The number of rotatable bonds is 7. The van der Waals surface area contributed by atoms with Crippen LogP contribution in [0, 0.1) is 5.82 Å². The van der Waals surface area contributed by atoms with Gasteiger partial charge in [0.05, 0.1) is 11.6 Å². The predicted molar refractivity (Wildman–Crippen MR) is 108 cm³/mol. The Morgan fingerprint density at radius 2 is 1.97 bits per heavy atom. The van der Waals surface area contributed by atoms with Gasteiger partial charge in [-0.1, -0.05) is 31.7 Å². The summed E-state index contributed by atoms with van der Waals surface area (Å²) >= 11 is 0. The van der Waals surface area contributed by atoms with Crippen molar-refractivity contribution < 1.29 is 23.8 Å². The van der Waals surface area contributed by atoms with Crippen LogP contribution in [0.3, 0.4) is 0 Å². The minimum atomic E-state index is -0.761. The van der Waals surface area contributed by atoms with Crippen LogP contribution in [0.2, 0.25) is 0 Å². The minimum absolute atomic E-state index is 0.0177. The number of nitrogens with zero attached hydrogens (tertiary/aromatic N) is 1. The molecule has 150 valence electrons. The number of ether oxygens (including phenoxy) is 1. The van der Waals surface area contributed by atoms with Crippen LogP contribution in [-0.2, 0) is 9.59 Å². The molecule has 6 heteroatoms. The molecule has 1 aliphatic rings. The summed E-state index contributed by atoms with van der Waals surface area (Å²) in [5.74, 6) is -1.66. The van der Waals surface area contributed by atoms with Crippen LogP contribution in [0.5, 0.6) is 5.75 Å². The Bertz CT molecular complexity index is 965. The van der Waals surface area contributed by atoms with Crippen LogP contribution in [0.15, 0.2) is 66.8 Å². The number of ketones is 1. The summed E-state index contributed by atoms with van der Waals surface area (Å²) < 4.78 is 18.8. The highest BCUT2D eigenvalue weighted by Gasteiger charge is 2.45. The second-order valence-electron chi connectivity index (χ2n) is 6.67. The largest absolute Gasteiger partial charge is 0.507 e. The summed E-state index contributed by atoms with van der Waals surface area (Å²) in [6.07, 6.45) is 2.26. The summed E-state index contributed by atoms with van der Waals surface area (Å²) in [5.41, 5.74) is 0.892. The zero-order valence-corrected chi connectivity index (χ0v) is 16.1. The van der Waals surface area contributed by atoms with Gasteiger partial charge in [-0.05, 0) is 48.4 Å². The normalized spacial score (nSPS) is 18.1. The van der Waals surface area contributed by atoms with Crippen LogP contribution >= 0.6 is 0 Å². The van der Waals surface area contributed by atoms with Crippen molar-refractivity contribution in [3.05, 3.63) is 83.7 Å². The maximum atomic E-state index is 13.3. The van der Waals surface area contributed by atoms with E-state index in [4.69, 9.17) is 4.74 Å². The number of benzene rings is 2. The molecule has 5 nitrogen and oxygen atoms in total. The van der Waals surface area contributed by atoms with Crippen LogP contribution in [-0.4, -0.2) is 34.8 Å². The second-order valence-corrected chi connectivity index (χ2v) is 6.67. The van der Waals surface area contributed by atoms with Crippen molar-refractivity contribution in [3.8, 4) is 5.75 Å². The number of carbonyl (C=O) groups excluding carboxylic acids is 2. The first kappa shape index (κ1) is 20.3. The molecule has 3 rings (SSSR count). The van der Waals surface area contributed by atoms with Crippen molar-refractivity contribution in [1.82, 2.24) is 4.90 Å². The third-order valence-corrected chi connectivity index (χ3v) is 4.66. The van der Waals surface area contributed by atoms with Crippen LogP contribution in [0.1, 0.15) is 30.5 Å². The van der Waals surface area contributed by atoms with E-state index in [0.29, 0.717) is 30.9 Å². The van der Waals surface area contributed by atoms with Gasteiger partial charge in [-0.3, -0.25) is 9.59 Å². The molecule has 1 saturated heterocycles. The van der Waals surface area contributed by atoms with Crippen LogP contribution in [0.4, 0.5) is 4.39 Å². The fourth-order valence-corrected chi connectivity index (χ4v) is 3.39. The molecule has 1 atom stereocenters. The van der Waals surface area contributed by atoms with E-state index in [9.17, 15) is 19.1 Å². The molecule has 1 aliphatic heterocycles. The SMILES string of the molecule is C=CCOc1cccc(C2/C(=C(/O)c3ccc(F)cc3)C(=O)C(=O)N2CCC)c1. The Kier molecular flexibility index (Phi) is 6.12. The highest BCUT2D eigenvalue weighted by Crippen LogP contribution is 2.40. The van der Waals surface area contributed by atoms with Crippen LogP contribution < -0.4 is 4.74 Å². The summed E-state index contributed by atoms with van der Waals surface area (Å²) in [6, 6.07) is 11.4. The first-order valence-corrected chi connectivity index (χ1v) is 9.36. The molecule has 0 aliphatic carbocycles. The molecular formula is C23H22FNO4. The number of aliphatic hydroxyl groups excluding tert-OH is 1. The summed E-state index contributed by atoms with van der Waals surface area (Å²) in [5, 5.41) is 10.8. The molecule has 2 aromatic rings. The lowest BCUT2D eigenvalue weighted by Gasteiger charge is -2.25. The molecule has 2 aromatic carbocycles. The van der Waals surface area contributed by atoms with Crippen molar-refractivity contribution in [3.63, 3.8) is 0 Å². The van der Waals surface area contributed by atoms with E-state index in [1.807, 2.05) is 6.92 Å². The summed E-state index contributed by atoms with van der Waals surface area (Å²) in [7, 11) is 0. The van der Waals surface area contributed by atoms with E-state index >= 15 is 0 Å². The summed E-state index contributed by atoms with van der Waals surface area (Å²) in [4.78, 5) is 26.9. The Balaban J connectivity index is 2.13. The molecule has 1 heterocycles. The third kappa shape index (κ3) is 4.06. The average Bonchev–Trinajstić information content (AvgIpc) is 2.98. The van der Waals surface area contributed by atoms with Gasteiger partial charge in [0.25, 0.3) is 11.7 Å². The molecule has 0 radical (unpaired) electrons. The number of hydrogen-bond acceptors (Lipinski definition) is 4. The van der Waals surface area contributed by atoms with Gasteiger partial charge in [-0.2, -0.15) is 0 Å². The number of Topliss-reactive ketones (excluding diaryl/α,β-unsaturated/α-hetero) is 1. The van der Waals surface area contributed by atoms with Crippen molar-refractivity contribution in [2.75, 3.05) is 13.2 Å². The van der Waals surface area contributed by atoms with Gasteiger partial charge in [0, 0.05) is 12.1 Å². The molecular weight excluding hydrogens is 373 g/mol. The topological polar surface area (TPSA) is 66.8 Å². The lowest BCUT2D eigenvalue weighted by Crippen LogP contribution is -2.30. The second kappa shape index (κ2) is 8.73. The molecule has 29 heavy (non-hydrogen) atoms. The van der Waals surface area contributed by atoms with Crippen molar-refractivity contribution >= 4 is 17.4 Å². The van der Waals surface area contributed by atoms with Gasteiger partial charge in [0.15, 0.2) is 0 Å². The smallest absolute Gasteiger partial charge is 0.295 e. The maximum Gasteiger partial charge on any atom is 0.295 e. The Morgan fingerprint density at radius 1 is 1.24 bits per heavy atom. The van der Waals surface area contributed by atoms with Gasteiger partial charge in [0.2, 0.25) is 0 Å². The number of hydrogen-bond donors (Lipinski definition) is 1. The van der Waals surface area contributed by atoms with E-state index in [2.05, 4.69) is 6.58 Å².